The molecule has 1 saturated heterocycles. The van der Waals surface area contributed by atoms with E-state index in [1.165, 1.54) is 11.8 Å². The first-order chi connectivity index (χ1) is 29.0. The molecule has 1 aliphatic heterocycles. The highest BCUT2D eigenvalue weighted by Gasteiger charge is 2.39. The predicted octanol–water partition coefficient (Wildman–Crippen LogP) is 3.09. The third-order valence-corrected chi connectivity index (χ3v) is 10.7. The number of likely N-dealkylation sites (tertiary alicyclic amines) is 1. The Morgan fingerprint density at radius 2 is 1.20 bits per heavy atom. The lowest BCUT2D eigenvalue weighted by Gasteiger charge is -2.30. The zero-order valence-electron chi connectivity index (χ0n) is 36.2. The molecule has 1 heterocycles. The zero-order chi connectivity index (χ0) is 45.3. The molecule has 0 saturated carbocycles. The Morgan fingerprint density at radius 1 is 0.689 bits per heavy atom. The van der Waals surface area contributed by atoms with Crippen molar-refractivity contribution in [2.45, 2.75) is 179 Å². The van der Waals surface area contributed by atoms with Crippen molar-refractivity contribution in [2.75, 3.05) is 6.54 Å². The highest BCUT2D eigenvalue weighted by molar-refractivity contribution is 5.95. The monoisotopic (exact) mass is 859 g/mol. The minimum atomic E-state index is -1.28. The summed E-state index contributed by atoms with van der Waals surface area (Å²) in [5, 5.41) is 39.7. The molecule has 0 unspecified atom stereocenters. The molecule has 17 nitrogen and oxygen atoms in total. The molecule has 61 heavy (non-hydrogen) atoms. The van der Waals surface area contributed by atoms with Gasteiger partial charge in [-0.3, -0.25) is 28.8 Å². The lowest BCUT2D eigenvalue weighted by molar-refractivity contribution is -0.149. The molecule has 0 aliphatic carbocycles. The lowest BCUT2D eigenvalue weighted by atomic mass is 10.0. The van der Waals surface area contributed by atoms with Gasteiger partial charge >= 0.3 is 11.9 Å². The molecule has 1 aliphatic rings. The Morgan fingerprint density at radius 3 is 1.67 bits per heavy atom. The number of aliphatic hydroxyl groups excluding tert-OH is 1. The normalized spacial score (nSPS) is 16.1. The van der Waals surface area contributed by atoms with Crippen LogP contribution >= 0.6 is 0 Å². The standard InChI is InChI=1S/C44H70N6O11/c1-29(2)26-33(42(57)50-25-19-22-35(50)44(60)61)47-41(56)39(30(3)51)49-38(54)24-18-13-11-9-7-5-4-6-8-10-12-17-23-37(53)46-32(28-36(45)52)40(55)48-34(43(58)59)27-31-20-15-14-16-21-31/h14-16,20-21,29-30,32-35,39,51H,4-13,17-19,22-28H2,1-3H3,(H2,45,52)(H,46,53)(H,47,56)(H,48,55)(H,49,54)(H,58,59)(H,60,61)/t30-,32-,33-,34-,35-,39-/m0/s1. The molecule has 0 radical (unpaired) electrons. The second kappa shape index (κ2) is 28.5. The summed E-state index contributed by atoms with van der Waals surface area (Å²) in [6.45, 7) is 5.44. The number of rotatable bonds is 31. The Hall–Kier alpha value is -5.06. The topological polar surface area (TPSA) is 275 Å². The summed E-state index contributed by atoms with van der Waals surface area (Å²) in [5.41, 5.74) is 6.00. The number of primary amides is 1. The number of nitrogens with zero attached hydrogens (tertiary/aromatic N) is 1. The van der Waals surface area contributed by atoms with E-state index in [-0.39, 0.29) is 44.1 Å². The fourth-order valence-corrected chi connectivity index (χ4v) is 7.43. The highest BCUT2D eigenvalue weighted by atomic mass is 16.4. The quantitative estimate of drug-likeness (QED) is 0.0503. The Bertz CT molecular complexity index is 1570. The molecule has 0 aromatic heterocycles. The molecule has 1 aromatic carbocycles. The number of benzene rings is 1. The minimum Gasteiger partial charge on any atom is -0.480 e. The summed E-state index contributed by atoms with van der Waals surface area (Å²) in [7, 11) is 0. The average Bonchev–Trinajstić information content (AvgIpc) is 3.69. The van der Waals surface area contributed by atoms with Crippen molar-refractivity contribution < 1.29 is 53.7 Å². The SMILES string of the molecule is CC(C)C[C@H](NC(=O)[C@@H](NC(=O)CCCCCCCCCCCCCCC(=O)N[C@@H](CC(N)=O)C(=O)N[C@@H](Cc1ccccc1)C(=O)O)[C@H](C)O)C(=O)N1CCC[C@H]1C(=O)O. The number of hydrogen-bond acceptors (Lipinski definition) is 9. The van der Waals surface area contributed by atoms with Crippen molar-refractivity contribution in [3.8, 4) is 0 Å². The van der Waals surface area contributed by atoms with Crippen molar-refractivity contribution in [1.82, 2.24) is 26.2 Å². The largest absolute Gasteiger partial charge is 0.480 e. The van der Waals surface area contributed by atoms with E-state index in [0.717, 1.165) is 64.2 Å². The van der Waals surface area contributed by atoms with E-state index in [2.05, 4.69) is 21.3 Å². The molecule has 1 fully saturated rings. The maximum absolute atomic E-state index is 13.3. The second-order valence-electron chi connectivity index (χ2n) is 16.6. The lowest BCUT2D eigenvalue weighted by Crippen LogP contribution is -2.58. The Kier molecular flexibility index (Phi) is 24.3. The average molecular weight is 859 g/mol. The van der Waals surface area contributed by atoms with Crippen LogP contribution in [0.3, 0.4) is 0 Å². The number of aliphatic hydroxyl groups is 1. The van der Waals surface area contributed by atoms with Crippen LogP contribution in [0.5, 0.6) is 0 Å². The molecule has 2 rings (SSSR count). The van der Waals surface area contributed by atoms with Crippen molar-refractivity contribution in [3.63, 3.8) is 0 Å². The van der Waals surface area contributed by atoms with Crippen molar-refractivity contribution >= 4 is 47.4 Å². The number of carbonyl (C=O) groups is 8. The van der Waals surface area contributed by atoms with Crippen LogP contribution in [0.4, 0.5) is 0 Å². The van der Waals surface area contributed by atoms with Crippen molar-refractivity contribution in [2.24, 2.45) is 11.7 Å². The number of hydrogen-bond donors (Lipinski definition) is 8. The van der Waals surface area contributed by atoms with Crippen LogP contribution in [0.1, 0.15) is 142 Å². The van der Waals surface area contributed by atoms with Gasteiger partial charge in [0.05, 0.1) is 12.5 Å². The zero-order valence-corrected chi connectivity index (χ0v) is 36.2. The molecular weight excluding hydrogens is 789 g/mol. The van der Waals surface area contributed by atoms with Gasteiger partial charge in [0.2, 0.25) is 35.4 Å². The van der Waals surface area contributed by atoms with Crippen LogP contribution in [0.15, 0.2) is 30.3 Å². The van der Waals surface area contributed by atoms with Gasteiger partial charge in [0.25, 0.3) is 0 Å². The van der Waals surface area contributed by atoms with Gasteiger partial charge in [-0.05, 0) is 50.5 Å². The summed E-state index contributed by atoms with van der Waals surface area (Å²) in [4.78, 5) is 101. The molecular formula is C44H70N6O11. The van der Waals surface area contributed by atoms with Gasteiger partial charge in [0, 0.05) is 25.8 Å². The Labute approximate surface area is 359 Å². The van der Waals surface area contributed by atoms with Crippen LogP contribution < -0.4 is 27.0 Å². The smallest absolute Gasteiger partial charge is 0.326 e. The first kappa shape index (κ1) is 52.1. The molecule has 17 heteroatoms. The number of nitrogens with one attached hydrogen (secondary N) is 4. The van der Waals surface area contributed by atoms with E-state index in [0.29, 0.717) is 31.2 Å². The highest BCUT2D eigenvalue weighted by Crippen LogP contribution is 2.21. The van der Waals surface area contributed by atoms with E-state index in [4.69, 9.17) is 5.73 Å². The third kappa shape index (κ3) is 20.8. The van der Waals surface area contributed by atoms with E-state index in [9.17, 15) is 53.7 Å². The number of amides is 6. The number of nitrogens with two attached hydrogens (primary N) is 1. The first-order valence-corrected chi connectivity index (χ1v) is 22.0. The van der Waals surface area contributed by atoms with Crippen LogP contribution in [-0.4, -0.2) is 110 Å². The maximum Gasteiger partial charge on any atom is 0.326 e. The summed E-state index contributed by atoms with van der Waals surface area (Å²) in [6, 6.07) is 3.07. The molecule has 342 valence electrons. The van der Waals surface area contributed by atoms with Gasteiger partial charge in [-0.2, -0.15) is 0 Å². The number of aliphatic carboxylic acids is 2. The molecule has 6 atom stereocenters. The first-order valence-electron chi connectivity index (χ1n) is 22.0. The summed E-state index contributed by atoms with van der Waals surface area (Å²) in [6.07, 6.45) is 11.0. The van der Waals surface area contributed by atoms with Crippen molar-refractivity contribution in [3.05, 3.63) is 35.9 Å². The number of carbonyl (C=O) groups excluding carboxylic acids is 6. The van der Waals surface area contributed by atoms with Gasteiger partial charge in [-0.1, -0.05) is 108 Å². The number of unbranched alkanes of at least 4 members (excludes halogenated alkanes) is 11. The van der Waals surface area contributed by atoms with E-state index < -0.39 is 84.2 Å². The van der Waals surface area contributed by atoms with Crippen molar-refractivity contribution in [1.29, 1.82) is 0 Å². The maximum atomic E-state index is 13.3. The predicted molar refractivity (Wildman–Crippen MR) is 227 cm³/mol. The second-order valence-corrected chi connectivity index (χ2v) is 16.6. The van der Waals surface area contributed by atoms with E-state index >= 15 is 0 Å². The number of carboxylic acids is 2. The van der Waals surface area contributed by atoms with E-state index in [1.807, 2.05) is 13.8 Å². The van der Waals surface area contributed by atoms with Crippen LogP contribution in [0.25, 0.3) is 0 Å². The summed E-state index contributed by atoms with van der Waals surface area (Å²) < 4.78 is 0. The molecule has 9 N–H and O–H groups in total. The fourth-order valence-electron chi connectivity index (χ4n) is 7.43. The van der Waals surface area contributed by atoms with Gasteiger partial charge in [-0.15, -0.1) is 0 Å². The van der Waals surface area contributed by atoms with E-state index in [1.54, 1.807) is 30.3 Å². The van der Waals surface area contributed by atoms with Gasteiger partial charge in [-0.25, -0.2) is 9.59 Å². The molecule has 0 bridgehead atoms. The summed E-state index contributed by atoms with van der Waals surface area (Å²) >= 11 is 0. The molecule has 1 aromatic rings. The molecule has 6 amide bonds. The molecule has 0 spiro atoms. The van der Waals surface area contributed by atoms with Gasteiger partial charge in [0.15, 0.2) is 0 Å². The Balaban J connectivity index is 1.59. The van der Waals surface area contributed by atoms with Gasteiger partial charge < -0.3 is 47.2 Å². The fraction of sp³-hybridized carbons (Fsp3) is 0.682. The third-order valence-electron chi connectivity index (χ3n) is 10.7. The number of carboxylic acid groups (broad SMARTS) is 2. The van der Waals surface area contributed by atoms with Crippen LogP contribution in [0.2, 0.25) is 0 Å². The van der Waals surface area contributed by atoms with Crippen LogP contribution in [0, 0.1) is 5.92 Å². The van der Waals surface area contributed by atoms with Crippen LogP contribution in [-0.2, 0) is 44.8 Å². The summed E-state index contributed by atoms with van der Waals surface area (Å²) in [5.74, 6) is -5.86. The minimum absolute atomic E-state index is 0.0169. The van der Waals surface area contributed by atoms with Gasteiger partial charge in [0.1, 0.15) is 30.2 Å².